The van der Waals surface area contributed by atoms with E-state index in [9.17, 15) is 0 Å². The van der Waals surface area contributed by atoms with Crippen LogP contribution in [-0.2, 0) is 0 Å². The van der Waals surface area contributed by atoms with Gasteiger partial charge < -0.3 is 10.6 Å². The summed E-state index contributed by atoms with van der Waals surface area (Å²) in [6.45, 7) is 1.29. The second-order valence-electron chi connectivity index (χ2n) is 4.30. The van der Waals surface area contributed by atoms with E-state index in [2.05, 4.69) is 36.4 Å². The third-order valence-electron chi connectivity index (χ3n) is 3.10. The second-order valence-corrected chi connectivity index (χ2v) is 4.30. The molecule has 0 aliphatic heterocycles. The first-order chi connectivity index (χ1) is 8.92. The smallest absolute Gasteiger partial charge is 0.116 e. The molecule has 0 saturated carbocycles. The van der Waals surface area contributed by atoms with Crippen LogP contribution in [-0.4, -0.2) is 17.9 Å². The van der Waals surface area contributed by atoms with Gasteiger partial charge in [0, 0.05) is 10.8 Å². The standard InChI is InChI=1S/C15H16N2O/c16-10-5-11-18-17-14-8-3-1-6-12(14)13-7-2-4-9-15(13)17/h1-4,6-9H,5,10-11,16H2. The van der Waals surface area contributed by atoms with E-state index in [0.717, 1.165) is 17.5 Å². The van der Waals surface area contributed by atoms with Crippen LogP contribution < -0.4 is 10.6 Å². The number of aromatic nitrogens is 1. The van der Waals surface area contributed by atoms with Gasteiger partial charge in [0.2, 0.25) is 0 Å². The molecule has 0 spiro atoms. The van der Waals surface area contributed by atoms with Gasteiger partial charge in [-0.15, -0.1) is 0 Å². The van der Waals surface area contributed by atoms with E-state index in [0.29, 0.717) is 13.2 Å². The molecule has 0 aliphatic carbocycles. The summed E-state index contributed by atoms with van der Waals surface area (Å²) in [5, 5.41) is 2.45. The fraction of sp³-hybridized carbons (Fsp3) is 0.200. The average Bonchev–Trinajstić information content (AvgIpc) is 2.74. The molecule has 0 bridgehead atoms. The first-order valence-corrected chi connectivity index (χ1v) is 6.23. The number of hydrogen-bond acceptors (Lipinski definition) is 2. The average molecular weight is 240 g/mol. The van der Waals surface area contributed by atoms with Gasteiger partial charge in [0.15, 0.2) is 0 Å². The Morgan fingerprint density at radius 2 is 1.44 bits per heavy atom. The highest BCUT2D eigenvalue weighted by atomic mass is 16.7. The van der Waals surface area contributed by atoms with Crippen LogP contribution in [0.25, 0.3) is 21.8 Å². The maximum atomic E-state index is 5.85. The molecule has 18 heavy (non-hydrogen) atoms. The first kappa shape index (κ1) is 11.1. The minimum absolute atomic E-state index is 0.638. The minimum Gasteiger partial charge on any atom is -0.413 e. The molecular weight excluding hydrogens is 224 g/mol. The van der Waals surface area contributed by atoms with Gasteiger partial charge in [0.1, 0.15) is 6.61 Å². The van der Waals surface area contributed by atoms with Gasteiger partial charge in [0.25, 0.3) is 0 Å². The monoisotopic (exact) mass is 240 g/mol. The summed E-state index contributed by atoms with van der Waals surface area (Å²) < 4.78 is 1.92. The van der Waals surface area contributed by atoms with Gasteiger partial charge in [-0.3, -0.25) is 0 Å². The highest BCUT2D eigenvalue weighted by molar-refractivity contribution is 6.07. The van der Waals surface area contributed by atoms with Gasteiger partial charge in [-0.1, -0.05) is 36.4 Å². The molecule has 3 heteroatoms. The van der Waals surface area contributed by atoms with Gasteiger partial charge in [0.05, 0.1) is 11.0 Å². The number of nitrogens with two attached hydrogens (primary N) is 1. The maximum absolute atomic E-state index is 5.85. The molecular formula is C15H16N2O. The third kappa shape index (κ3) is 1.73. The summed E-state index contributed by atoms with van der Waals surface area (Å²) in [5.41, 5.74) is 7.72. The number of nitrogens with zero attached hydrogens (tertiary/aromatic N) is 1. The normalized spacial score (nSPS) is 11.2. The van der Waals surface area contributed by atoms with Crippen LogP contribution in [0.15, 0.2) is 48.5 Å². The zero-order valence-electron chi connectivity index (χ0n) is 10.2. The predicted molar refractivity (Wildman–Crippen MR) is 74.6 cm³/mol. The molecule has 2 aromatic carbocycles. The third-order valence-corrected chi connectivity index (χ3v) is 3.10. The number of fused-ring (bicyclic) bond motifs is 3. The molecule has 0 radical (unpaired) electrons. The van der Waals surface area contributed by atoms with Gasteiger partial charge >= 0.3 is 0 Å². The molecule has 3 nitrogen and oxygen atoms in total. The lowest BCUT2D eigenvalue weighted by molar-refractivity contribution is 0.128. The molecule has 3 rings (SSSR count). The minimum atomic E-state index is 0.638. The molecule has 92 valence electrons. The van der Waals surface area contributed by atoms with Gasteiger partial charge in [-0.05, 0) is 25.1 Å². The van der Waals surface area contributed by atoms with Crippen molar-refractivity contribution in [2.24, 2.45) is 5.73 Å². The zero-order chi connectivity index (χ0) is 12.4. The molecule has 2 N–H and O–H groups in total. The van der Waals surface area contributed by atoms with E-state index in [4.69, 9.17) is 10.6 Å². The van der Waals surface area contributed by atoms with Crippen molar-refractivity contribution in [3.05, 3.63) is 48.5 Å². The molecule has 0 unspecified atom stereocenters. The molecule has 0 amide bonds. The van der Waals surface area contributed by atoms with E-state index in [1.165, 1.54) is 10.8 Å². The van der Waals surface area contributed by atoms with Gasteiger partial charge in [-0.2, -0.15) is 4.73 Å². The summed E-state index contributed by atoms with van der Waals surface area (Å²) in [6, 6.07) is 16.6. The largest absolute Gasteiger partial charge is 0.413 e. The Kier molecular flexibility index (Phi) is 2.90. The lowest BCUT2D eigenvalue weighted by Crippen LogP contribution is -2.15. The van der Waals surface area contributed by atoms with Crippen molar-refractivity contribution in [1.29, 1.82) is 0 Å². The van der Waals surface area contributed by atoms with E-state index >= 15 is 0 Å². The molecule has 0 saturated heterocycles. The van der Waals surface area contributed by atoms with Crippen LogP contribution in [0, 0.1) is 0 Å². The van der Waals surface area contributed by atoms with Crippen LogP contribution in [0.5, 0.6) is 0 Å². The van der Waals surface area contributed by atoms with Crippen LogP contribution >= 0.6 is 0 Å². The van der Waals surface area contributed by atoms with Crippen molar-refractivity contribution >= 4 is 21.8 Å². The van der Waals surface area contributed by atoms with Crippen molar-refractivity contribution < 1.29 is 4.84 Å². The molecule has 0 atom stereocenters. The highest BCUT2D eigenvalue weighted by Crippen LogP contribution is 2.27. The molecule has 3 aromatic rings. The topological polar surface area (TPSA) is 40.2 Å². The Hall–Kier alpha value is -2.00. The molecule has 0 aliphatic rings. The van der Waals surface area contributed by atoms with Crippen molar-refractivity contribution in [2.75, 3.05) is 13.2 Å². The Bertz CT molecular complexity index is 619. The zero-order valence-corrected chi connectivity index (χ0v) is 10.2. The fourth-order valence-electron chi connectivity index (χ4n) is 2.27. The van der Waals surface area contributed by atoms with Crippen molar-refractivity contribution in [3.8, 4) is 0 Å². The van der Waals surface area contributed by atoms with Crippen molar-refractivity contribution in [3.63, 3.8) is 0 Å². The van der Waals surface area contributed by atoms with E-state index in [1.807, 2.05) is 16.9 Å². The van der Waals surface area contributed by atoms with Crippen LogP contribution in [0.3, 0.4) is 0 Å². The SMILES string of the molecule is NCCCOn1c2ccccc2c2ccccc21. The highest BCUT2D eigenvalue weighted by Gasteiger charge is 2.09. The Morgan fingerprint density at radius 3 is 2.00 bits per heavy atom. The van der Waals surface area contributed by atoms with E-state index in [1.54, 1.807) is 0 Å². The Balaban J connectivity index is 2.18. The molecule has 1 heterocycles. The summed E-state index contributed by atoms with van der Waals surface area (Å²) >= 11 is 0. The van der Waals surface area contributed by atoms with Crippen LogP contribution in [0.1, 0.15) is 6.42 Å². The fourth-order valence-corrected chi connectivity index (χ4v) is 2.27. The number of hydrogen-bond donors (Lipinski definition) is 1. The molecule has 1 aromatic heterocycles. The second kappa shape index (κ2) is 4.70. The molecule has 0 fully saturated rings. The maximum Gasteiger partial charge on any atom is 0.116 e. The number of rotatable bonds is 4. The lowest BCUT2D eigenvalue weighted by atomic mass is 10.2. The predicted octanol–water partition coefficient (Wildman–Crippen LogP) is 2.57. The van der Waals surface area contributed by atoms with E-state index in [-0.39, 0.29) is 0 Å². The van der Waals surface area contributed by atoms with Gasteiger partial charge in [-0.25, -0.2) is 0 Å². The first-order valence-electron chi connectivity index (χ1n) is 6.23. The lowest BCUT2D eigenvalue weighted by Gasteiger charge is -2.08. The Labute approximate surface area is 106 Å². The summed E-state index contributed by atoms with van der Waals surface area (Å²) in [7, 11) is 0. The summed E-state index contributed by atoms with van der Waals surface area (Å²) in [4.78, 5) is 5.85. The van der Waals surface area contributed by atoms with Crippen molar-refractivity contribution in [2.45, 2.75) is 6.42 Å². The quantitative estimate of drug-likeness (QED) is 0.712. The number of para-hydroxylation sites is 2. The summed E-state index contributed by atoms with van der Waals surface area (Å²) in [5.74, 6) is 0. The number of benzene rings is 2. The van der Waals surface area contributed by atoms with E-state index < -0.39 is 0 Å². The Morgan fingerprint density at radius 1 is 0.889 bits per heavy atom. The van der Waals surface area contributed by atoms with Crippen LogP contribution in [0.4, 0.5) is 0 Å². The summed E-state index contributed by atoms with van der Waals surface area (Å²) in [6.07, 6.45) is 0.862. The van der Waals surface area contributed by atoms with Crippen LogP contribution in [0.2, 0.25) is 0 Å². The van der Waals surface area contributed by atoms with Crippen molar-refractivity contribution in [1.82, 2.24) is 4.73 Å².